The van der Waals surface area contributed by atoms with Crippen LogP contribution in [0.4, 0.5) is 0 Å². The van der Waals surface area contributed by atoms with Crippen LogP contribution in [-0.4, -0.2) is 20.2 Å². The molecule has 14 heavy (non-hydrogen) atoms. The van der Waals surface area contributed by atoms with Gasteiger partial charge in [-0.05, 0) is 24.1 Å². The number of nitrogens with zero attached hydrogens (tertiary/aromatic N) is 4. The lowest BCUT2D eigenvalue weighted by Crippen LogP contribution is -1.97. The monoisotopic (exact) mass is 186 g/mol. The molecule has 0 fully saturated rings. The predicted molar refractivity (Wildman–Crippen MR) is 51.6 cm³/mol. The summed E-state index contributed by atoms with van der Waals surface area (Å²) in [7, 11) is 0. The van der Waals surface area contributed by atoms with Gasteiger partial charge >= 0.3 is 0 Å². The molecule has 4 nitrogen and oxygen atoms in total. The first-order chi connectivity index (χ1) is 6.84. The van der Waals surface area contributed by atoms with E-state index < -0.39 is 0 Å². The highest BCUT2D eigenvalue weighted by molar-refractivity contribution is 5.13. The van der Waals surface area contributed by atoms with E-state index in [0.717, 1.165) is 17.0 Å². The second-order valence-electron chi connectivity index (χ2n) is 3.10. The van der Waals surface area contributed by atoms with Crippen LogP contribution in [0.3, 0.4) is 0 Å². The standard InChI is InChI=1S/C10H10N4/c1-8-5-11-10(12-6-8)4-9-2-3-13-14-7-9/h2-3,5-7H,4H2,1H3. The first kappa shape index (κ1) is 8.74. The molecule has 0 aromatic carbocycles. The molecule has 0 atom stereocenters. The molecule has 0 bridgehead atoms. The second kappa shape index (κ2) is 3.91. The molecule has 0 aliphatic heterocycles. The second-order valence-corrected chi connectivity index (χ2v) is 3.10. The largest absolute Gasteiger partial charge is 0.241 e. The van der Waals surface area contributed by atoms with Gasteiger partial charge in [0.05, 0.1) is 6.20 Å². The van der Waals surface area contributed by atoms with E-state index >= 15 is 0 Å². The maximum Gasteiger partial charge on any atom is 0.132 e. The van der Waals surface area contributed by atoms with Crippen molar-refractivity contribution in [3.05, 3.63) is 47.8 Å². The first-order valence-corrected chi connectivity index (χ1v) is 4.38. The SMILES string of the molecule is Cc1cnc(Cc2ccnnc2)nc1. The molecular formula is C10H10N4. The first-order valence-electron chi connectivity index (χ1n) is 4.38. The van der Waals surface area contributed by atoms with E-state index in [9.17, 15) is 0 Å². The highest BCUT2D eigenvalue weighted by Crippen LogP contribution is 2.02. The van der Waals surface area contributed by atoms with Gasteiger partial charge in [-0.15, -0.1) is 0 Å². The zero-order valence-electron chi connectivity index (χ0n) is 7.88. The Kier molecular flexibility index (Phi) is 2.44. The van der Waals surface area contributed by atoms with E-state index in [1.165, 1.54) is 0 Å². The Morgan fingerprint density at radius 2 is 1.86 bits per heavy atom. The summed E-state index contributed by atoms with van der Waals surface area (Å²) >= 11 is 0. The Balaban J connectivity index is 2.16. The van der Waals surface area contributed by atoms with E-state index in [-0.39, 0.29) is 0 Å². The van der Waals surface area contributed by atoms with Crippen molar-refractivity contribution in [2.45, 2.75) is 13.3 Å². The van der Waals surface area contributed by atoms with E-state index in [1.807, 2.05) is 25.4 Å². The van der Waals surface area contributed by atoms with Crippen LogP contribution in [0.25, 0.3) is 0 Å². The molecule has 2 rings (SSSR count). The number of rotatable bonds is 2. The fourth-order valence-corrected chi connectivity index (χ4v) is 1.12. The molecular weight excluding hydrogens is 176 g/mol. The van der Waals surface area contributed by atoms with E-state index in [4.69, 9.17) is 0 Å². The average molecular weight is 186 g/mol. The van der Waals surface area contributed by atoms with E-state index in [2.05, 4.69) is 20.2 Å². The van der Waals surface area contributed by atoms with Crippen LogP contribution < -0.4 is 0 Å². The Bertz CT molecular complexity index is 396. The summed E-state index contributed by atoms with van der Waals surface area (Å²) in [6, 6.07) is 1.91. The smallest absolute Gasteiger partial charge is 0.132 e. The number of hydrogen-bond donors (Lipinski definition) is 0. The molecule has 0 amide bonds. The summed E-state index contributed by atoms with van der Waals surface area (Å²) in [5.74, 6) is 0.809. The molecule has 2 heterocycles. The zero-order valence-corrected chi connectivity index (χ0v) is 7.88. The third-order valence-corrected chi connectivity index (χ3v) is 1.84. The van der Waals surface area contributed by atoms with Gasteiger partial charge in [0.25, 0.3) is 0 Å². The summed E-state index contributed by atoms with van der Waals surface area (Å²) in [5, 5.41) is 7.50. The predicted octanol–water partition coefficient (Wildman–Crippen LogP) is 1.17. The highest BCUT2D eigenvalue weighted by atomic mass is 15.1. The molecule has 0 spiro atoms. The van der Waals surface area contributed by atoms with E-state index in [0.29, 0.717) is 6.42 Å². The lowest BCUT2D eigenvalue weighted by molar-refractivity contribution is 0.928. The third-order valence-electron chi connectivity index (χ3n) is 1.84. The van der Waals surface area contributed by atoms with Crippen molar-refractivity contribution < 1.29 is 0 Å². The number of aryl methyl sites for hydroxylation is 1. The fourth-order valence-electron chi connectivity index (χ4n) is 1.12. The Morgan fingerprint density at radius 3 is 2.50 bits per heavy atom. The molecule has 2 aromatic rings. The van der Waals surface area contributed by atoms with E-state index in [1.54, 1.807) is 12.4 Å². The zero-order chi connectivity index (χ0) is 9.80. The third kappa shape index (κ3) is 2.10. The van der Waals surface area contributed by atoms with Crippen LogP contribution in [0.15, 0.2) is 30.9 Å². The quantitative estimate of drug-likeness (QED) is 0.706. The number of aromatic nitrogens is 4. The summed E-state index contributed by atoms with van der Waals surface area (Å²) in [4.78, 5) is 8.43. The summed E-state index contributed by atoms with van der Waals surface area (Å²) in [6.07, 6.45) is 7.73. The summed E-state index contributed by atoms with van der Waals surface area (Å²) < 4.78 is 0. The molecule has 0 N–H and O–H groups in total. The van der Waals surface area contributed by atoms with Gasteiger partial charge in [0.15, 0.2) is 0 Å². The van der Waals surface area contributed by atoms with Crippen LogP contribution in [-0.2, 0) is 6.42 Å². The van der Waals surface area contributed by atoms with Crippen molar-refractivity contribution in [2.24, 2.45) is 0 Å². The molecule has 0 saturated carbocycles. The van der Waals surface area contributed by atoms with Crippen molar-refractivity contribution in [3.63, 3.8) is 0 Å². The minimum atomic E-state index is 0.704. The van der Waals surface area contributed by atoms with Crippen molar-refractivity contribution in [2.75, 3.05) is 0 Å². The Labute approximate surface area is 82.1 Å². The normalized spacial score (nSPS) is 10.1. The topological polar surface area (TPSA) is 51.6 Å². The van der Waals surface area contributed by atoms with Crippen LogP contribution >= 0.6 is 0 Å². The van der Waals surface area contributed by atoms with Crippen molar-refractivity contribution in [3.8, 4) is 0 Å². The maximum absolute atomic E-state index is 4.21. The Morgan fingerprint density at radius 1 is 1.07 bits per heavy atom. The van der Waals surface area contributed by atoms with Crippen LogP contribution in [0.1, 0.15) is 17.0 Å². The molecule has 4 heteroatoms. The number of hydrogen-bond acceptors (Lipinski definition) is 4. The fraction of sp³-hybridized carbons (Fsp3) is 0.200. The molecule has 0 aliphatic rings. The van der Waals surface area contributed by atoms with Crippen molar-refractivity contribution in [1.29, 1.82) is 0 Å². The van der Waals surface area contributed by atoms with Gasteiger partial charge in [-0.1, -0.05) is 0 Å². The molecule has 0 unspecified atom stereocenters. The Hall–Kier alpha value is -1.84. The van der Waals surface area contributed by atoms with Gasteiger partial charge in [0.2, 0.25) is 0 Å². The minimum Gasteiger partial charge on any atom is -0.241 e. The van der Waals surface area contributed by atoms with Crippen LogP contribution in [0, 0.1) is 6.92 Å². The van der Waals surface area contributed by atoms with Gasteiger partial charge in [0, 0.05) is 25.0 Å². The molecule has 0 aliphatic carbocycles. The minimum absolute atomic E-state index is 0.704. The van der Waals surface area contributed by atoms with Gasteiger partial charge in [-0.2, -0.15) is 10.2 Å². The van der Waals surface area contributed by atoms with Crippen LogP contribution in [0.5, 0.6) is 0 Å². The molecule has 2 aromatic heterocycles. The molecule has 0 saturated heterocycles. The average Bonchev–Trinajstić information content (AvgIpc) is 2.23. The summed E-state index contributed by atoms with van der Waals surface area (Å²) in [5.41, 5.74) is 2.14. The van der Waals surface area contributed by atoms with Crippen molar-refractivity contribution >= 4 is 0 Å². The molecule has 70 valence electrons. The lowest BCUT2D eigenvalue weighted by Gasteiger charge is -1.98. The molecule has 0 radical (unpaired) electrons. The lowest BCUT2D eigenvalue weighted by atomic mass is 10.2. The van der Waals surface area contributed by atoms with Crippen LogP contribution in [0.2, 0.25) is 0 Å². The summed E-state index contributed by atoms with van der Waals surface area (Å²) in [6.45, 7) is 1.97. The maximum atomic E-state index is 4.21. The van der Waals surface area contributed by atoms with Gasteiger partial charge < -0.3 is 0 Å². The van der Waals surface area contributed by atoms with Gasteiger partial charge in [-0.25, -0.2) is 9.97 Å². The highest BCUT2D eigenvalue weighted by Gasteiger charge is 1.98. The van der Waals surface area contributed by atoms with Gasteiger partial charge in [0.1, 0.15) is 5.82 Å². The van der Waals surface area contributed by atoms with Gasteiger partial charge in [-0.3, -0.25) is 0 Å². The van der Waals surface area contributed by atoms with Crippen molar-refractivity contribution in [1.82, 2.24) is 20.2 Å².